The number of benzene rings is 2. The molecule has 2 rings (SSSR count). The maximum atomic E-state index is 13.0. The van der Waals surface area contributed by atoms with Gasteiger partial charge in [0.05, 0.1) is 11.4 Å². The molecule has 0 aliphatic heterocycles. The lowest BCUT2D eigenvalue weighted by molar-refractivity contribution is -0.129. The summed E-state index contributed by atoms with van der Waals surface area (Å²) >= 11 is 5.79. The number of nitrogens with zero attached hydrogens (tertiary/aromatic N) is 1. The van der Waals surface area contributed by atoms with Crippen LogP contribution in [0.15, 0.2) is 53.4 Å². The molecule has 26 heavy (non-hydrogen) atoms. The van der Waals surface area contributed by atoms with E-state index in [0.717, 1.165) is 24.3 Å². The van der Waals surface area contributed by atoms with Gasteiger partial charge in [-0.3, -0.25) is 4.79 Å². The van der Waals surface area contributed by atoms with Crippen LogP contribution in [0, 0.1) is 5.82 Å². The molecule has 2 aromatic carbocycles. The molecule has 5 nitrogen and oxygen atoms in total. The maximum absolute atomic E-state index is 13.0. The summed E-state index contributed by atoms with van der Waals surface area (Å²) in [6.07, 6.45) is 0. The van der Waals surface area contributed by atoms with Crippen LogP contribution < -0.4 is 4.74 Å². The summed E-state index contributed by atoms with van der Waals surface area (Å²) in [6.45, 7) is 1.73. The van der Waals surface area contributed by atoms with E-state index in [0.29, 0.717) is 10.8 Å². The highest BCUT2D eigenvalue weighted by Crippen LogP contribution is 2.18. The zero-order valence-electron chi connectivity index (χ0n) is 14.4. The second-order valence-electron chi connectivity index (χ2n) is 5.70. The van der Waals surface area contributed by atoms with Gasteiger partial charge >= 0.3 is 0 Å². The summed E-state index contributed by atoms with van der Waals surface area (Å²) < 4.78 is 43.5. The number of ether oxygens (including phenoxy) is 1. The van der Waals surface area contributed by atoms with E-state index in [9.17, 15) is 17.6 Å². The van der Waals surface area contributed by atoms with Crippen LogP contribution in [0.3, 0.4) is 0 Å². The number of amides is 1. The summed E-state index contributed by atoms with van der Waals surface area (Å²) in [5.41, 5.74) is 0. The highest BCUT2D eigenvalue weighted by molar-refractivity contribution is 7.92. The smallest absolute Gasteiger partial charge is 0.240 e. The molecule has 8 heteroatoms. The second kappa shape index (κ2) is 8.51. The number of carbonyl (C=O) groups excluding carboxylic acids is 1. The monoisotopic (exact) mass is 399 g/mol. The van der Waals surface area contributed by atoms with Crippen molar-refractivity contribution in [3.8, 4) is 5.75 Å². The number of rotatable bonds is 7. The fourth-order valence-electron chi connectivity index (χ4n) is 2.21. The van der Waals surface area contributed by atoms with E-state index >= 15 is 0 Å². The number of sulfone groups is 1. The lowest BCUT2D eigenvalue weighted by Crippen LogP contribution is -2.41. The highest BCUT2D eigenvalue weighted by atomic mass is 35.5. The average Bonchev–Trinajstić information content (AvgIpc) is 2.62. The number of likely N-dealkylation sites (N-methyl/N-ethyl adjacent to an activating group) is 1. The van der Waals surface area contributed by atoms with Crippen molar-refractivity contribution < 1.29 is 22.3 Å². The first-order chi connectivity index (χ1) is 12.2. The van der Waals surface area contributed by atoms with E-state index in [1.165, 1.54) is 18.9 Å². The Hall–Kier alpha value is -2.12. The summed E-state index contributed by atoms with van der Waals surface area (Å²) in [4.78, 5) is 13.6. The Morgan fingerprint density at radius 3 is 2.31 bits per heavy atom. The van der Waals surface area contributed by atoms with Crippen LogP contribution in [-0.4, -0.2) is 44.7 Å². The molecule has 0 heterocycles. The van der Waals surface area contributed by atoms with Gasteiger partial charge in [0.25, 0.3) is 0 Å². The minimum absolute atomic E-state index is 0.0921. The Kier molecular flexibility index (Phi) is 6.61. The van der Waals surface area contributed by atoms with Gasteiger partial charge in [0.1, 0.15) is 23.4 Å². The number of halogens is 2. The number of carbonyl (C=O) groups is 1. The Labute approximate surface area is 157 Å². The van der Waals surface area contributed by atoms with Crippen LogP contribution in [0.2, 0.25) is 5.02 Å². The van der Waals surface area contributed by atoms with Gasteiger partial charge in [-0.2, -0.15) is 0 Å². The van der Waals surface area contributed by atoms with Crippen LogP contribution in [0.1, 0.15) is 6.92 Å². The van der Waals surface area contributed by atoms with Gasteiger partial charge < -0.3 is 9.64 Å². The van der Waals surface area contributed by atoms with Crippen molar-refractivity contribution in [2.24, 2.45) is 0 Å². The first-order valence-corrected chi connectivity index (χ1v) is 9.77. The molecule has 1 atom stereocenters. The van der Waals surface area contributed by atoms with Gasteiger partial charge in [0.2, 0.25) is 5.91 Å². The normalized spacial score (nSPS) is 12.5. The molecule has 1 amide bonds. The third-order valence-corrected chi connectivity index (χ3v) is 6.15. The molecule has 0 spiro atoms. The maximum Gasteiger partial charge on any atom is 0.240 e. The molecule has 0 aromatic heterocycles. The van der Waals surface area contributed by atoms with Crippen molar-refractivity contribution in [1.29, 1.82) is 0 Å². The molecule has 2 aromatic rings. The Balaban J connectivity index is 1.95. The number of hydrogen-bond donors (Lipinski definition) is 0. The van der Waals surface area contributed by atoms with Gasteiger partial charge in [0, 0.05) is 12.1 Å². The van der Waals surface area contributed by atoms with Crippen molar-refractivity contribution in [3.63, 3.8) is 0 Å². The molecular weight excluding hydrogens is 381 g/mol. The van der Waals surface area contributed by atoms with Crippen LogP contribution >= 0.6 is 11.6 Å². The fraction of sp³-hybridized carbons (Fsp3) is 0.278. The summed E-state index contributed by atoms with van der Waals surface area (Å²) in [5, 5.41) is -0.696. The molecule has 1 unspecified atom stereocenters. The first-order valence-electron chi connectivity index (χ1n) is 7.84. The molecule has 0 aliphatic carbocycles. The van der Waals surface area contributed by atoms with Crippen molar-refractivity contribution >= 4 is 27.3 Å². The van der Waals surface area contributed by atoms with Crippen LogP contribution in [0.25, 0.3) is 0 Å². The van der Waals surface area contributed by atoms with Gasteiger partial charge in [-0.15, -0.1) is 0 Å². The van der Waals surface area contributed by atoms with Crippen LogP contribution in [0.4, 0.5) is 4.39 Å². The van der Waals surface area contributed by atoms with E-state index < -0.39 is 26.8 Å². The minimum atomic E-state index is -3.90. The summed E-state index contributed by atoms with van der Waals surface area (Å²) in [5.74, 6) is -0.504. The van der Waals surface area contributed by atoms with E-state index in [-0.39, 0.29) is 18.0 Å². The molecule has 0 fully saturated rings. The lowest BCUT2D eigenvalue weighted by atomic mass is 10.3. The molecule has 0 aliphatic rings. The van der Waals surface area contributed by atoms with Crippen molar-refractivity contribution in [1.82, 2.24) is 4.90 Å². The topological polar surface area (TPSA) is 63.7 Å². The zero-order valence-corrected chi connectivity index (χ0v) is 15.9. The third kappa shape index (κ3) is 4.95. The van der Waals surface area contributed by atoms with Gasteiger partial charge in [-0.25, -0.2) is 12.8 Å². The Morgan fingerprint density at radius 1 is 1.15 bits per heavy atom. The average molecular weight is 400 g/mol. The minimum Gasteiger partial charge on any atom is -0.492 e. The third-order valence-electron chi connectivity index (χ3n) is 3.84. The predicted molar refractivity (Wildman–Crippen MR) is 97.6 cm³/mol. The Morgan fingerprint density at radius 2 is 1.73 bits per heavy atom. The molecule has 0 N–H and O–H groups in total. The first kappa shape index (κ1) is 20.2. The standard InChI is InChI=1S/C18H19ClFNO4S/c1-13(26(23,24)17-9-5-15(20)6-10-17)18(22)21(2)11-12-25-16-7-3-14(19)4-8-16/h3-10,13H,11-12H2,1-2H3. The zero-order chi connectivity index (χ0) is 19.3. The second-order valence-corrected chi connectivity index (χ2v) is 8.41. The molecule has 0 saturated heterocycles. The van der Waals surface area contributed by atoms with Gasteiger partial charge in [-0.05, 0) is 55.5 Å². The fourth-order valence-corrected chi connectivity index (χ4v) is 3.71. The molecular formula is C18H19ClFNO4S. The van der Waals surface area contributed by atoms with Gasteiger partial charge in [0.15, 0.2) is 9.84 Å². The summed E-state index contributed by atoms with van der Waals surface area (Å²) in [7, 11) is -2.39. The summed E-state index contributed by atoms with van der Waals surface area (Å²) in [6, 6.07) is 11.2. The Bertz CT molecular complexity index is 854. The quantitative estimate of drug-likeness (QED) is 0.671. The van der Waals surface area contributed by atoms with Crippen molar-refractivity contribution in [2.45, 2.75) is 17.1 Å². The predicted octanol–water partition coefficient (Wildman–Crippen LogP) is 3.18. The van der Waals surface area contributed by atoms with Crippen LogP contribution in [-0.2, 0) is 14.6 Å². The van der Waals surface area contributed by atoms with E-state index in [1.54, 1.807) is 24.3 Å². The van der Waals surface area contributed by atoms with Crippen molar-refractivity contribution in [2.75, 3.05) is 20.2 Å². The van der Waals surface area contributed by atoms with Crippen molar-refractivity contribution in [3.05, 3.63) is 59.4 Å². The van der Waals surface area contributed by atoms with E-state index in [4.69, 9.17) is 16.3 Å². The van der Waals surface area contributed by atoms with E-state index in [1.807, 2.05) is 0 Å². The van der Waals surface area contributed by atoms with Gasteiger partial charge in [-0.1, -0.05) is 11.6 Å². The van der Waals surface area contributed by atoms with Crippen LogP contribution in [0.5, 0.6) is 5.75 Å². The van der Waals surface area contributed by atoms with E-state index in [2.05, 4.69) is 0 Å². The largest absolute Gasteiger partial charge is 0.492 e. The molecule has 0 saturated carbocycles. The lowest BCUT2D eigenvalue weighted by Gasteiger charge is -2.21. The molecule has 0 radical (unpaired) electrons. The molecule has 140 valence electrons. The molecule has 0 bridgehead atoms. The SMILES string of the molecule is CC(C(=O)N(C)CCOc1ccc(Cl)cc1)S(=O)(=O)c1ccc(F)cc1. The highest BCUT2D eigenvalue weighted by Gasteiger charge is 2.31. The number of hydrogen-bond acceptors (Lipinski definition) is 4.